The average Bonchev–Trinajstić information content (AvgIpc) is 2.67. The summed E-state index contributed by atoms with van der Waals surface area (Å²) < 4.78 is 0. The number of rotatable bonds is 16. The molecule has 0 radical (unpaired) electrons. The SMILES string of the molecule is CCCCCCCCCCCCCC(=O)C(CCl)C(Cl)c1ccccc1. The molecule has 148 valence electrons. The maximum atomic E-state index is 12.5. The summed E-state index contributed by atoms with van der Waals surface area (Å²) in [5, 5.41) is -0.325. The molecule has 3 heteroatoms. The van der Waals surface area contributed by atoms with E-state index in [4.69, 9.17) is 23.2 Å². The van der Waals surface area contributed by atoms with E-state index in [1.807, 2.05) is 30.3 Å². The molecular formula is C23H36Cl2O. The molecule has 0 fully saturated rings. The maximum absolute atomic E-state index is 12.5. The lowest BCUT2D eigenvalue weighted by Gasteiger charge is -2.19. The van der Waals surface area contributed by atoms with Crippen molar-refractivity contribution in [1.82, 2.24) is 0 Å². The Kier molecular flexibility index (Phi) is 14.0. The van der Waals surface area contributed by atoms with Crippen molar-refractivity contribution in [3.8, 4) is 0 Å². The number of carbonyl (C=O) groups excluding carboxylic acids is 1. The van der Waals surface area contributed by atoms with E-state index >= 15 is 0 Å². The van der Waals surface area contributed by atoms with Crippen molar-refractivity contribution in [1.29, 1.82) is 0 Å². The molecule has 0 N–H and O–H groups in total. The zero-order valence-corrected chi connectivity index (χ0v) is 17.9. The van der Waals surface area contributed by atoms with Crippen LogP contribution in [0.5, 0.6) is 0 Å². The van der Waals surface area contributed by atoms with Gasteiger partial charge in [0.05, 0.1) is 11.3 Å². The molecule has 26 heavy (non-hydrogen) atoms. The number of ketones is 1. The Morgan fingerprint density at radius 3 is 1.85 bits per heavy atom. The van der Waals surface area contributed by atoms with Gasteiger partial charge in [0.15, 0.2) is 0 Å². The lowest BCUT2D eigenvalue weighted by atomic mass is 9.93. The van der Waals surface area contributed by atoms with Crippen molar-refractivity contribution < 1.29 is 4.79 Å². The van der Waals surface area contributed by atoms with Gasteiger partial charge in [0.1, 0.15) is 5.78 Å². The van der Waals surface area contributed by atoms with Crippen LogP contribution in [0.4, 0.5) is 0 Å². The maximum Gasteiger partial charge on any atom is 0.138 e. The van der Waals surface area contributed by atoms with Crippen molar-refractivity contribution in [2.24, 2.45) is 5.92 Å². The van der Waals surface area contributed by atoms with Crippen molar-refractivity contribution in [2.45, 2.75) is 89.4 Å². The Hall–Kier alpha value is -0.530. The Balaban J connectivity index is 2.11. The lowest BCUT2D eigenvalue weighted by Crippen LogP contribution is -2.21. The summed E-state index contributed by atoms with van der Waals surface area (Å²) >= 11 is 12.5. The summed E-state index contributed by atoms with van der Waals surface area (Å²) in [6.45, 7) is 2.26. The summed E-state index contributed by atoms with van der Waals surface area (Å²) in [5.41, 5.74) is 0.979. The van der Waals surface area contributed by atoms with E-state index in [9.17, 15) is 4.79 Å². The third-order valence-electron chi connectivity index (χ3n) is 5.08. The third kappa shape index (κ3) is 9.97. The Morgan fingerprint density at radius 2 is 1.35 bits per heavy atom. The number of unbranched alkanes of at least 4 members (excludes halogenated alkanes) is 10. The summed E-state index contributed by atoms with van der Waals surface area (Å²) in [7, 11) is 0. The minimum Gasteiger partial charge on any atom is -0.299 e. The molecule has 2 atom stereocenters. The molecule has 1 nitrogen and oxygen atoms in total. The van der Waals surface area contributed by atoms with Crippen LogP contribution in [0.3, 0.4) is 0 Å². The normalized spacial score (nSPS) is 13.5. The van der Waals surface area contributed by atoms with E-state index in [0.717, 1.165) is 18.4 Å². The topological polar surface area (TPSA) is 17.1 Å². The fourth-order valence-corrected chi connectivity index (χ4v) is 4.16. The Morgan fingerprint density at radius 1 is 0.846 bits per heavy atom. The smallest absolute Gasteiger partial charge is 0.138 e. The second kappa shape index (κ2) is 15.5. The highest BCUT2D eigenvalue weighted by atomic mass is 35.5. The molecule has 0 spiro atoms. The highest BCUT2D eigenvalue weighted by Gasteiger charge is 2.26. The first-order valence-corrected chi connectivity index (χ1v) is 11.5. The molecule has 1 rings (SSSR count). The van der Waals surface area contributed by atoms with Crippen LogP contribution in [0.15, 0.2) is 30.3 Å². The average molecular weight is 399 g/mol. The van der Waals surface area contributed by atoms with Gasteiger partial charge in [0.2, 0.25) is 0 Å². The number of halogens is 2. The number of hydrogen-bond acceptors (Lipinski definition) is 1. The summed E-state index contributed by atoms with van der Waals surface area (Å²) in [4.78, 5) is 12.5. The molecule has 0 amide bonds. The fourth-order valence-electron chi connectivity index (χ4n) is 3.35. The number of alkyl halides is 2. The first kappa shape index (κ1) is 23.5. The van der Waals surface area contributed by atoms with Crippen LogP contribution in [-0.4, -0.2) is 11.7 Å². The van der Waals surface area contributed by atoms with Gasteiger partial charge in [-0.2, -0.15) is 0 Å². The number of Topliss-reactive ketones (excluding diaryl/α,β-unsaturated/α-hetero) is 1. The monoisotopic (exact) mass is 398 g/mol. The number of carbonyl (C=O) groups is 1. The number of hydrogen-bond donors (Lipinski definition) is 0. The van der Waals surface area contributed by atoms with Crippen LogP contribution < -0.4 is 0 Å². The van der Waals surface area contributed by atoms with Gasteiger partial charge in [-0.05, 0) is 12.0 Å². The van der Waals surface area contributed by atoms with E-state index in [2.05, 4.69) is 6.92 Å². The van der Waals surface area contributed by atoms with Gasteiger partial charge < -0.3 is 0 Å². The lowest BCUT2D eigenvalue weighted by molar-refractivity contribution is -0.122. The minimum atomic E-state index is -0.325. The molecule has 0 saturated carbocycles. The first-order valence-electron chi connectivity index (χ1n) is 10.5. The first-order chi connectivity index (χ1) is 12.7. The zero-order chi connectivity index (χ0) is 19.0. The molecule has 0 bridgehead atoms. The van der Waals surface area contributed by atoms with Crippen LogP contribution >= 0.6 is 23.2 Å². The quantitative estimate of drug-likeness (QED) is 0.203. The Bertz CT molecular complexity index is 461. The summed E-state index contributed by atoms with van der Waals surface area (Å²) in [5.74, 6) is 0.212. The highest BCUT2D eigenvalue weighted by Crippen LogP contribution is 2.31. The molecule has 0 aliphatic carbocycles. The van der Waals surface area contributed by atoms with E-state index in [-0.39, 0.29) is 17.1 Å². The van der Waals surface area contributed by atoms with Gasteiger partial charge in [0, 0.05) is 12.3 Å². The van der Waals surface area contributed by atoms with Crippen LogP contribution in [0.2, 0.25) is 0 Å². The van der Waals surface area contributed by atoms with Gasteiger partial charge in [-0.15, -0.1) is 23.2 Å². The van der Waals surface area contributed by atoms with E-state index in [1.165, 1.54) is 57.8 Å². The molecule has 0 aliphatic heterocycles. The van der Waals surface area contributed by atoms with Gasteiger partial charge in [-0.25, -0.2) is 0 Å². The molecule has 1 aromatic rings. The fraction of sp³-hybridized carbons (Fsp3) is 0.696. The second-order valence-electron chi connectivity index (χ2n) is 7.33. The van der Waals surface area contributed by atoms with Crippen molar-refractivity contribution >= 4 is 29.0 Å². The minimum absolute atomic E-state index is 0.208. The Labute approximate surface area is 170 Å². The molecule has 0 aromatic heterocycles. The standard InChI is InChI=1S/C23H36Cl2O/c1-2-3-4-5-6-7-8-9-10-11-15-18-22(26)21(19-24)23(25)20-16-13-12-14-17-20/h12-14,16-17,21,23H,2-11,15,18-19H2,1H3. The molecule has 0 heterocycles. The molecular weight excluding hydrogens is 363 g/mol. The van der Waals surface area contributed by atoms with Gasteiger partial charge in [0.25, 0.3) is 0 Å². The van der Waals surface area contributed by atoms with Gasteiger partial charge in [-0.3, -0.25) is 4.79 Å². The summed E-state index contributed by atoms with van der Waals surface area (Å²) in [6.07, 6.45) is 14.8. The van der Waals surface area contributed by atoms with E-state index in [1.54, 1.807) is 0 Å². The predicted octanol–water partition coefficient (Wildman–Crippen LogP) is 8.09. The second-order valence-corrected chi connectivity index (χ2v) is 8.10. The zero-order valence-electron chi connectivity index (χ0n) is 16.4. The molecule has 2 unspecified atom stereocenters. The van der Waals surface area contributed by atoms with Gasteiger partial charge in [-0.1, -0.05) is 101 Å². The van der Waals surface area contributed by atoms with Crippen LogP contribution in [0.1, 0.15) is 94.9 Å². The molecule has 1 aromatic carbocycles. The highest BCUT2D eigenvalue weighted by molar-refractivity contribution is 6.25. The predicted molar refractivity (Wildman–Crippen MR) is 115 cm³/mol. The third-order valence-corrected chi connectivity index (χ3v) is 5.97. The number of benzene rings is 1. The van der Waals surface area contributed by atoms with E-state index < -0.39 is 0 Å². The van der Waals surface area contributed by atoms with Crippen LogP contribution in [0.25, 0.3) is 0 Å². The largest absolute Gasteiger partial charge is 0.299 e. The van der Waals surface area contributed by atoms with Crippen molar-refractivity contribution in [3.63, 3.8) is 0 Å². The molecule has 0 saturated heterocycles. The van der Waals surface area contributed by atoms with Gasteiger partial charge >= 0.3 is 0 Å². The van der Waals surface area contributed by atoms with Crippen LogP contribution in [-0.2, 0) is 4.79 Å². The van der Waals surface area contributed by atoms with Crippen molar-refractivity contribution in [3.05, 3.63) is 35.9 Å². The van der Waals surface area contributed by atoms with Crippen LogP contribution in [0, 0.1) is 5.92 Å². The summed E-state index contributed by atoms with van der Waals surface area (Å²) in [6, 6.07) is 9.78. The van der Waals surface area contributed by atoms with Crippen molar-refractivity contribution in [2.75, 3.05) is 5.88 Å². The molecule has 0 aliphatic rings. The van der Waals surface area contributed by atoms with E-state index in [0.29, 0.717) is 12.3 Å².